The quantitative estimate of drug-likeness (QED) is 0.289. The molecule has 15 atom stereocenters. The Balaban J connectivity index is 1.09. The first-order chi connectivity index (χ1) is 20.2. The highest BCUT2D eigenvalue weighted by Crippen LogP contribution is 2.69. The van der Waals surface area contributed by atoms with Crippen molar-refractivity contribution in [3.8, 4) is 0 Å². The third kappa shape index (κ3) is 4.90. The van der Waals surface area contributed by atoms with Gasteiger partial charge in [-0.25, -0.2) is 0 Å². The summed E-state index contributed by atoms with van der Waals surface area (Å²) >= 11 is 0. The molecule has 0 aromatic rings. The van der Waals surface area contributed by atoms with Crippen molar-refractivity contribution in [2.45, 2.75) is 122 Å². The molecule has 4 aliphatic carbocycles. The molecule has 5 N–H and O–H groups in total. The SMILES string of the molecule is CC(CCC1(O)OC2CC3C4CCC5=CC(=O)CCC5(C)C4CC(=O)C3(C)C2C1C)COC1OC(CO)C(O)C(O)C1O. The van der Waals surface area contributed by atoms with E-state index in [1.165, 1.54) is 5.57 Å². The largest absolute Gasteiger partial charge is 0.394 e. The van der Waals surface area contributed by atoms with Crippen molar-refractivity contribution in [1.82, 2.24) is 0 Å². The summed E-state index contributed by atoms with van der Waals surface area (Å²) in [4.78, 5) is 26.3. The van der Waals surface area contributed by atoms with Gasteiger partial charge in [0, 0.05) is 36.5 Å². The Morgan fingerprint density at radius 2 is 1.84 bits per heavy atom. The first-order valence-corrected chi connectivity index (χ1v) is 16.3. The van der Waals surface area contributed by atoms with Gasteiger partial charge in [-0.15, -0.1) is 0 Å². The maximum absolute atomic E-state index is 14.1. The maximum Gasteiger partial charge on any atom is 0.186 e. The highest BCUT2D eigenvalue weighted by molar-refractivity contribution is 5.92. The number of aliphatic hydroxyl groups excluding tert-OH is 4. The molecule has 0 aromatic heterocycles. The van der Waals surface area contributed by atoms with Gasteiger partial charge < -0.3 is 39.7 Å². The van der Waals surface area contributed by atoms with Crippen molar-refractivity contribution in [1.29, 1.82) is 0 Å². The number of fused-ring (bicyclic) bond motifs is 7. The second-order valence-electron chi connectivity index (χ2n) is 15.1. The fourth-order valence-electron chi connectivity index (χ4n) is 10.2. The lowest BCUT2D eigenvalue weighted by molar-refractivity contribution is -0.303. The van der Waals surface area contributed by atoms with Crippen molar-refractivity contribution in [3.05, 3.63) is 11.6 Å². The molecule has 0 bridgehead atoms. The van der Waals surface area contributed by atoms with E-state index in [9.17, 15) is 35.1 Å². The summed E-state index contributed by atoms with van der Waals surface area (Å²) in [5.41, 5.74) is 0.602. The van der Waals surface area contributed by atoms with Gasteiger partial charge in [-0.3, -0.25) is 9.59 Å². The van der Waals surface area contributed by atoms with Crippen molar-refractivity contribution in [2.24, 2.45) is 46.3 Å². The van der Waals surface area contributed by atoms with Crippen LogP contribution in [0.15, 0.2) is 11.6 Å². The highest BCUT2D eigenvalue weighted by atomic mass is 16.7. The number of aliphatic hydroxyl groups is 5. The molecule has 0 aromatic carbocycles. The highest BCUT2D eigenvalue weighted by Gasteiger charge is 2.70. The summed E-state index contributed by atoms with van der Waals surface area (Å²) in [6, 6.07) is 0. The number of hydrogen-bond acceptors (Lipinski definition) is 10. The van der Waals surface area contributed by atoms with E-state index in [0.29, 0.717) is 31.6 Å². The van der Waals surface area contributed by atoms with Crippen LogP contribution in [0.1, 0.15) is 79.1 Å². The van der Waals surface area contributed by atoms with E-state index in [0.717, 1.165) is 25.7 Å². The van der Waals surface area contributed by atoms with Gasteiger partial charge in [0.2, 0.25) is 0 Å². The summed E-state index contributed by atoms with van der Waals surface area (Å²) in [7, 11) is 0. The standard InChI is InChI=1S/C33H50O10/c1-16(15-41-30-29(39)28(38)27(37)24(14-34)42-30)7-10-33(40)17(2)26-23(43-33)12-22-20-6-5-18-11-19(35)8-9-31(18,3)21(20)13-25(36)32(22,26)4/h11,16-17,20-24,26-30,34,37-40H,5-10,12-15H2,1-4H3. The zero-order chi connectivity index (χ0) is 31.1. The van der Waals surface area contributed by atoms with Crippen LogP contribution in [0, 0.1) is 46.3 Å². The molecule has 43 heavy (non-hydrogen) atoms. The Hall–Kier alpha value is -1.24. The van der Waals surface area contributed by atoms with Gasteiger partial charge in [-0.1, -0.05) is 33.3 Å². The molecule has 0 radical (unpaired) electrons. The van der Waals surface area contributed by atoms with Crippen LogP contribution < -0.4 is 0 Å². The number of ether oxygens (including phenoxy) is 3. The molecule has 10 heteroatoms. The van der Waals surface area contributed by atoms with Crippen LogP contribution in [0.3, 0.4) is 0 Å². The second kappa shape index (κ2) is 11.2. The fourth-order valence-corrected chi connectivity index (χ4v) is 10.2. The monoisotopic (exact) mass is 606 g/mol. The third-order valence-corrected chi connectivity index (χ3v) is 12.9. The molecular weight excluding hydrogens is 556 g/mol. The number of carbonyl (C=O) groups excluding carboxylic acids is 2. The van der Waals surface area contributed by atoms with Gasteiger partial charge in [0.1, 0.15) is 30.2 Å². The predicted molar refractivity (Wildman–Crippen MR) is 153 cm³/mol. The first-order valence-electron chi connectivity index (χ1n) is 16.3. The summed E-state index contributed by atoms with van der Waals surface area (Å²) in [6.45, 7) is 8.01. The van der Waals surface area contributed by atoms with Crippen molar-refractivity contribution < 1.29 is 49.3 Å². The summed E-state index contributed by atoms with van der Waals surface area (Å²) < 4.78 is 17.6. The Kier molecular flexibility index (Phi) is 8.28. The smallest absolute Gasteiger partial charge is 0.186 e. The molecule has 15 unspecified atom stereocenters. The van der Waals surface area contributed by atoms with Crippen LogP contribution in [0.2, 0.25) is 0 Å². The molecule has 6 aliphatic rings. The van der Waals surface area contributed by atoms with Crippen molar-refractivity contribution in [2.75, 3.05) is 13.2 Å². The van der Waals surface area contributed by atoms with Crippen LogP contribution in [0.5, 0.6) is 0 Å². The Bertz CT molecular complexity index is 1140. The van der Waals surface area contributed by atoms with Gasteiger partial charge in [-0.2, -0.15) is 0 Å². The fraction of sp³-hybridized carbons (Fsp3) is 0.879. The minimum atomic E-state index is -1.50. The molecule has 242 valence electrons. The third-order valence-electron chi connectivity index (χ3n) is 12.9. The van der Waals surface area contributed by atoms with Crippen LogP contribution in [0.25, 0.3) is 0 Å². The van der Waals surface area contributed by atoms with Crippen molar-refractivity contribution in [3.63, 3.8) is 0 Å². The molecular formula is C33H50O10. The lowest BCUT2D eigenvalue weighted by Crippen LogP contribution is -2.59. The average Bonchev–Trinajstić information content (AvgIpc) is 3.41. The van der Waals surface area contributed by atoms with Crippen LogP contribution in [-0.2, 0) is 23.8 Å². The van der Waals surface area contributed by atoms with E-state index in [4.69, 9.17) is 14.2 Å². The Labute approximate surface area is 253 Å². The number of carbonyl (C=O) groups is 2. The predicted octanol–water partition coefficient (Wildman–Crippen LogP) is 1.88. The minimum absolute atomic E-state index is 0.0550. The van der Waals surface area contributed by atoms with Gasteiger partial charge in [0.15, 0.2) is 17.9 Å². The van der Waals surface area contributed by atoms with Crippen LogP contribution in [-0.4, -0.2) is 92.9 Å². The van der Waals surface area contributed by atoms with Crippen LogP contribution in [0.4, 0.5) is 0 Å². The van der Waals surface area contributed by atoms with E-state index >= 15 is 0 Å². The molecule has 5 fully saturated rings. The maximum atomic E-state index is 14.1. The van der Waals surface area contributed by atoms with Gasteiger partial charge in [0.25, 0.3) is 0 Å². The summed E-state index contributed by atoms with van der Waals surface area (Å²) in [5.74, 6) is -0.339. The first kappa shape index (κ1) is 31.7. The summed E-state index contributed by atoms with van der Waals surface area (Å²) in [6.07, 6.45) is 0.584. The lowest BCUT2D eigenvalue weighted by atomic mass is 9.46. The van der Waals surface area contributed by atoms with Crippen LogP contribution >= 0.6 is 0 Å². The number of hydrogen-bond donors (Lipinski definition) is 5. The molecule has 2 saturated heterocycles. The molecule has 10 nitrogen and oxygen atoms in total. The van der Waals surface area contributed by atoms with Gasteiger partial charge >= 0.3 is 0 Å². The zero-order valence-electron chi connectivity index (χ0n) is 25.9. The van der Waals surface area contributed by atoms with Gasteiger partial charge in [0.05, 0.1) is 19.3 Å². The number of ketones is 2. The molecule has 0 spiro atoms. The Morgan fingerprint density at radius 1 is 1.09 bits per heavy atom. The normalized spacial score (nSPS) is 51.7. The topological polar surface area (TPSA) is 163 Å². The number of rotatable bonds is 7. The second-order valence-corrected chi connectivity index (χ2v) is 15.1. The minimum Gasteiger partial charge on any atom is -0.394 e. The summed E-state index contributed by atoms with van der Waals surface area (Å²) in [5, 5.41) is 51.4. The average molecular weight is 607 g/mol. The number of allylic oxidation sites excluding steroid dienone is 1. The van der Waals surface area contributed by atoms with Gasteiger partial charge in [-0.05, 0) is 67.3 Å². The van der Waals surface area contributed by atoms with E-state index in [1.54, 1.807) is 0 Å². The lowest BCUT2D eigenvalue weighted by Gasteiger charge is -2.57. The molecule has 0 amide bonds. The number of Topliss-reactive ketones (excluding diaryl/α,β-unsaturated/α-hetero) is 1. The molecule has 2 aliphatic heterocycles. The van der Waals surface area contributed by atoms with E-state index in [2.05, 4.69) is 13.8 Å². The van der Waals surface area contributed by atoms with E-state index in [1.807, 2.05) is 19.9 Å². The zero-order valence-corrected chi connectivity index (χ0v) is 25.9. The molecule has 3 saturated carbocycles. The molecule has 6 rings (SSSR count). The van der Waals surface area contributed by atoms with Crippen molar-refractivity contribution >= 4 is 11.6 Å². The van der Waals surface area contributed by atoms with E-state index in [-0.39, 0.29) is 59.3 Å². The van der Waals surface area contributed by atoms with E-state index < -0.39 is 48.5 Å². The molecule has 2 heterocycles. The Morgan fingerprint density at radius 3 is 2.56 bits per heavy atom.